The number of carbonyl (C=O) groups excluding carboxylic acids is 3. The number of rotatable bonds is 5. The molecule has 0 radical (unpaired) electrons. The van der Waals surface area contributed by atoms with Crippen molar-refractivity contribution < 1.29 is 19.1 Å². The van der Waals surface area contributed by atoms with Crippen LogP contribution in [0.3, 0.4) is 0 Å². The lowest BCUT2D eigenvalue weighted by atomic mass is 10.1. The number of hydrogen-bond acceptors (Lipinski definition) is 4. The van der Waals surface area contributed by atoms with Crippen LogP contribution in [0.1, 0.15) is 31.7 Å². The number of nitrogens with zero attached hydrogens (tertiary/aromatic N) is 1. The first kappa shape index (κ1) is 18.8. The fourth-order valence-electron chi connectivity index (χ4n) is 2.77. The Morgan fingerprint density at radius 2 is 1.92 bits per heavy atom. The second-order valence-electron chi connectivity index (χ2n) is 6.12. The number of aryl methyl sites for hydroxylation is 1. The van der Waals surface area contributed by atoms with Crippen molar-refractivity contribution in [1.82, 2.24) is 10.2 Å². The zero-order valence-electron chi connectivity index (χ0n) is 14.7. The third kappa shape index (κ3) is 6.10. The Kier molecular flexibility index (Phi) is 6.80. The lowest BCUT2D eigenvalue weighted by Crippen LogP contribution is -2.47. The minimum Gasteiger partial charge on any atom is -0.450 e. The maximum Gasteiger partial charge on any atom is 0.409 e. The summed E-state index contributed by atoms with van der Waals surface area (Å²) in [6.07, 6.45) is 0.782. The predicted octanol–water partition coefficient (Wildman–Crippen LogP) is 2.06. The number of carbonyl (C=O) groups is 3. The number of anilines is 1. The van der Waals surface area contributed by atoms with Gasteiger partial charge in [-0.15, -0.1) is 0 Å². The number of hydrogen-bond donors (Lipinski definition) is 2. The minimum absolute atomic E-state index is 0.0232. The highest BCUT2D eigenvalue weighted by atomic mass is 16.6. The predicted molar refractivity (Wildman–Crippen MR) is 94.2 cm³/mol. The van der Waals surface area contributed by atoms with Gasteiger partial charge in [-0.25, -0.2) is 4.79 Å². The molecule has 25 heavy (non-hydrogen) atoms. The number of benzene rings is 1. The van der Waals surface area contributed by atoms with Crippen molar-refractivity contribution in [2.45, 2.75) is 39.2 Å². The van der Waals surface area contributed by atoms with Gasteiger partial charge in [0.2, 0.25) is 11.8 Å². The van der Waals surface area contributed by atoms with Gasteiger partial charge in [0.15, 0.2) is 0 Å². The van der Waals surface area contributed by atoms with Gasteiger partial charge in [-0.1, -0.05) is 12.1 Å². The average Bonchev–Trinajstić information content (AvgIpc) is 2.55. The number of amides is 3. The van der Waals surface area contributed by atoms with E-state index < -0.39 is 0 Å². The molecule has 0 unspecified atom stereocenters. The van der Waals surface area contributed by atoms with Gasteiger partial charge in [0.1, 0.15) is 6.42 Å². The number of ether oxygens (including phenoxy) is 1. The molecule has 0 atom stereocenters. The van der Waals surface area contributed by atoms with E-state index in [9.17, 15) is 14.4 Å². The van der Waals surface area contributed by atoms with E-state index in [1.807, 2.05) is 25.1 Å². The maximum atomic E-state index is 12.0. The van der Waals surface area contributed by atoms with E-state index in [1.54, 1.807) is 17.9 Å². The smallest absolute Gasteiger partial charge is 0.409 e. The summed E-state index contributed by atoms with van der Waals surface area (Å²) in [5.74, 6) is -0.646. The summed E-state index contributed by atoms with van der Waals surface area (Å²) in [6.45, 7) is 5.14. The summed E-state index contributed by atoms with van der Waals surface area (Å²) in [5, 5.41) is 5.58. The van der Waals surface area contributed by atoms with Crippen LogP contribution in [0.2, 0.25) is 0 Å². The lowest BCUT2D eigenvalue weighted by molar-refractivity contribution is -0.127. The first-order valence-electron chi connectivity index (χ1n) is 8.55. The van der Waals surface area contributed by atoms with E-state index in [1.165, 1.54) is 0 Å². The van der Waals surface area contributed by atoms with E-state index in [-0.39, 0.29) is 30.4 Å². The molecule has 1 aliphatic heterocycles. The summed E-state index contributed by atoms with van der Waals surface area (Å²) >= 11 is 0. The third-order valence-electron chi connectivity index (χ3n) is 4.01. The van der Waals surface area contributed by atoms with Crippen molar-refractivity contribution in [3.05, 3.63) is 29.8 Å². The second-order valence-corrected chi connectivity index (χ2v) is 6.12. The molecule has 7 nitrogen and oxygen atoms in total. The second kappa shape index (κ2) is 9.05. The van der Waals surface area contributed by atoms with Crippen LogP contribution in [0.25, 0.3) is 0 Å². The summed E-state index contributed by atoms with van der Waals surface area (Å²) < 4.78 is 4.96. The molecule has 1 heterocycles. The number of piperidine rings is 1. The standard InChI is InChI=1S/C18H25N3O4/c1-3-25-18(24)21-9-7-14(8-10-21)19-16(22)12-17(23)20-15-6-4-5-13(2)11-15/h4-6,11,14H,3,7-10,12H2,1-2H3,(H,19,22)(H,20,23). The largest absolute Gasteiger partial charge is 0.450 e. The Balaban J connectivity index is 1.72. The van der Waals surface area contributed by atoms with Crippen molar-refractivity contribution in [3.8, 4) is 0 Å². The van der Waals surface area contributed by atoms with Crippen LogP contribution in [0, 0.1) is 6.92 Å². The summed E-state index contributed by atoms with van der Waals surface area (Å²) in [5.41, 5.74) is 1.72. The molecule has 1 aromatic carbocycles. The fourth-order valence-corrected chi connectivity index (χ4v) is 2.77. The molecule has 0 aromatic heterocycles. The molecule has 136 valence electrons. The topological polar surface area (TPSA) is 87.7 Å². The van der Waals surface area contributed by atoms with Crippen molar-refractivity contribution in [1.29, 1.82) is 0 Å². The van der Waals surface area contributed by atoms with E-state index >= 15 is 0 Å². The lowest BCUT2D eigenvalue weighted by Gasteiger charge is -2.31. The van der Waals surface area contributed by atoms with E-state index in [2.05, 4.69) is 10.6 Å². The van der Waals surface area contributed by atoms with Gasteiger partial charge in [-0.3, -0.25) is 9.59 Å². The summed E-state index contributed by atoms with van der Waals surface area (Å²) in [7, 11) is 0. The van der Waals surface area contributed by atoms with Crippen molar-refractivity contribution >= 4 is 23.6 Å². The quantitative estimate of drug-likeness (QED) is 0.798. The molecule has 0 bridgehead atoms. The Morgan fingerprint density at radius 3 is 2.56 bits per heavy atom. The molecule has 0 saturated carbocycles. The maximum absolute atomic E-state index is 12.0. The Bertz CT molecular complexity index is 625. The molecule has 1 aliphatic rings. The van der Waals surface area contributed by atoms with E-state index in [0.717, 1.165) is 5.56 Å². The number of likely N-dealkylation sites (tertiary alicyclic amines) is 1. The average molecular weight is 347 g/mol. The first-order valence-corrected chi connectivity index (χ1v) is 8.55. The van der Waals surface area contributed by atoms with Crippen LogP contribution >= 0.6 is 0 Å². The monoisotopic (exact) mass is 347 g/mol. The normalized spacial score (nSPS) is 14.7. The minimum atomic E-state index is -0.341. The Hall–Kier alpha value is -2.57. The van der Waals surface area contributed by atoms with Crippen molar-refractivity contribution in [2.24, 2.45) is 0 Å². The van der Waals surface area contributed by atoms with Crippen LogP contribution in [0.5, 0.6) is 0 Å². The molecule has 3 amide bonds. The molecule has 1 saturated heterocycles. The van der Waals surface area contributed by atoms with Gasteiger partial charge in [0.25, 0.3) is 0 Å². The van der Waals surface area contributed by atoms with Crippen LogP contribution in [-0.2, 0) is 14.3 Å². The van der Waals surface area contributed by atoms with Gasteiger partial charge in [0, 0.05) is 24.8 Å². The zero-order valence-corrected chi connectivity index (χ0v) is 14.7. The van der Waals surface area contributed by atoms with Crippen molar-refractivity contribution in [2.75, 3.05) is 25.0 Å². The van der Waals surface area contributed by atoms with E-state index in [4.69, 9.17) is 4.74 Å². The molecule has 2 rings (SSSR count). The molecule has 0 spiro atoms. The molecule has 2 N–H and O–H groups in total. The van der Waals surface area contributed by atoms with Crippen LogP contribution < -0.4 is 10.6 Å². The highest BCUT2D eigenvalue weighted by Gasteiger charge is 2.25. The fraction of sp³-hybridized carbons (Fsp3) is 0.500. The molecule has 0 aliphatic carbocycles. The number of nitrogens with one attached hydrogen (secondary N) is 2. The molecule has 7 heteroatoms. The molecular weight excluding hydrogens is 322 g/mol. The van der Waals surface area contributed by atoms with Gasteiger partial charge in [-0.2, -0.15) is 0 Å². The summed E-state index contributed by atoms with van der Waals surface area (Å²) in [6, 6.07) is 7.40. The third-order valence-corrected chi connectivity index (χ3v) is 4.01. The Morgan fingerprint density at radius 1 is 1.20 bits per heavy atom. The molecular formula is C18H25N3O4. The zero-order chi connectivity index (χ0) is 18.2. The molecule has 1 aromatic rings. The van der Waals surface area contributed by atoms with Gasteiger partial charge in [0.05, 0.1) is 6.61 Å². The van der Waals surface area contributed by atoms with Crippen molar-refractivity contribution in [3.63, 3.8) is 0 Å². The van der Waals surface area contributed by atoms with Gasteiger partial charge >= 0.3 is 6.09 Å². The van der Waals surface area contributed by atoms with Crippen LogP contribution in [0.15, 0.2) is 24.3 Å². The van der Waals surface area contributed by atoms with E-state index in [0.29, 0.717) is 38.2 Å². The summed E-state index contributed by atoms with van der Waals surface area (Å²) in [4.78, 5) is 37.2. The van der Waals surface area contributed by atoms with Crippen LogP contribution in [-0.4, -0.2) is 48.5 Å². The van der Waals surface area contributed by atoms with Gasteiger partial charge in [-0.05, 0) is 44.4 Å². The van der Waals surface area contributed by atoms with Gasteiger partial charge < -0.3 is 20.3 Å². The Labute approximate surface area is 147 Å². The van der Waals surface area contributed by atoms with Crippen LogP contribution in [0.4, 0.5) is 10.5 Å². The first-order chi connectivity index (χ1) is 12.0. The highest BCUT2D eigenvalue weighted by Crippen LogP contribution is 2.12. The SMILES string of the molecule is CCOC(=O)N1CCC(NC(=O)CC(=O)Nc2cccc(C)c2)CC1. The highest BCUT2D eigenvalue weighted by molar-refractivity contribution is 6.03. The molecule has 1 fully saturated rings.